The molecule has 0 amide bonds. The molecule has 0 saturated heterocycles. The number of rotatable bonds is 3. The van der Waals surface area contributed by atoms with E-state index >= 15 is 0 Å². The topological polar surface area (TPSA) is 9.23 Å². The van der Waals surface area contributed by atoms with Crippen LogP contribution in [0.15, 0.2) is 25.7 Å². The summed E-state index contributed by atoms with van der Waals surface area (Å²) in [4.78, 5) is 0. The van der Waals surface area contributed by atoms with Crippen LogP contribution in [0.2, 0.25) is 0 Å². The third-order valence-electron chi connectivity index (χ3n) is 0.264. The highest BCUT2D eigenvalue weighted by Crippen LogP contribution is 1.82. The van der Waals surface area contributed by atoms with Gasteiger partial charge in [-0.1, -0.05) is 45.0 Å². The number of halogens is 2. The average Bonchev–Trinajstić information content (AvgIpc) is 1.91. The van der Waals surface area contributed by atoms with E-state index in [-0.39, 0.29) is 0 Å². The van der Waals surface area contributed by atoms with E-state index in [2.05, 4.69) is 49.8 Å². The molecule has 0 aromatic carbocycles. The quantitative estimate of drug-likeness (QED) is 0.558. The lowest BCUT2D eigenvalue weighted by molar-refractivity contribution is 0.406. The highest BCUT2D eigenvalue weighted by atomic mass is 79.9. The molecule has 0 fully saturated rings. The molecule has 0 aromatic heterocycles. The molecule has 0 aliphatic heterocycles. The molecule has 0 aliphatic rings. The zero-order chi connectivity index (χ0) is 7.54. The Balaban J connectivity index is 0. The van der Waals surface area contributed by atoms with Gasteiger partial charge in [0.2, 0.25) is 0 Å². The van der Waals surface area contributed by atoms with Crippen molar-refractivity contribution in [3.05, 3.63) is 25.7 Å². The van der Waals surface area contributed by atoms with Gasteiger partial charge < -0.3 is 4.74 Å². The Morgan fingerprint density at radius 3 is 1.44 bits per heavy atom. The first-order valence-corrected chi connectivity index (χ1v) is 4.57. The molecule has 0 unspecified atom stereocenters. The zero-order valence-electron chi connectivity index (χ0n) is 5.15. The summed E-state index contributed by atoms with van der Waals surface area (Å²) in [6.45, 7) is 6.51. The fourth-order valence-electron chi connectivity index (χ4n) is 0.0680. The van der Waals surface area contributed by atoms with E-state index in [4.69, 9.17) is 0 Å². The van der Waals surface area contributed by atoms with Crippen LogP contribution < -0.4 is 0 Å². The van der Waals surface area contributed by atoms with Crippen LogP contribution in [0.4, 0.5) is 0 Å². The first kappa shape index (κ1) is 12.0. The Morgan fingerprint density at radius 2 is 1.44 bits per heavy atom. The van der Waals surface area contributed by atoms with Crippen molar-refractivity contribution in [2.45, 2.75) is 0 Å². The second-order valence-electron chi connectivity index (χ2n) is 0.847. The lowest BCUT2D eigenvalue weighted by atomic mass is 11.0. The molecule has 0 aromatic rings. The van der Waals surface area contributed by atoms with Gasteiger partial charge in [0.1, 0.15) is 0 Å². The van der Waals surface area contributed by atoms with Crippen molar-refractivity contribution in [3.63, 3.8) is 0 Å². The van der Waals surface area contributed by atoms with Gasteiger partial charge in [0.05, 0.1) is 12.5 Å². The summed E-state index contributed by atoms with van der Waals surface area (Å²) in [7, 11) is 0. The van der Waals surface area contributed by atoms with E-state index in [9.17, 15) is 0 Å². The summed E-state index contributed by atoms with van der Waals surface area (Å²) in [6, 6.07) is 0. The maximum absolute atomic E-state index is 4.36. The van der Waals surface area contributed by atoms with Gasteiger partial charge in [-0.3, -0.25) is 0 Å². The van der Waals surface area contributed by atoms with Gasteiger partial charge in [-0.2, -0.15) is 0 Å². The molecular formula is C6H10Br2O. The first-order valence-electron chi connectivity index (χ1n) is 2.32. The molecule has 0 spiro atoms. The minimum atomic E-state index is 1.05. The van der Waals surface area contributed by atoms with Crippen LogP contribution >= 0.6 is 31.9 Å². The molecule has 0 saturated carbocycles. The summed E-state index contributed by atoms with van der Waals surface area (Å²) in [5.41, 5.74) is 0. The summed E-state index contributed by atoms with van der Waals surface area (Å²) in [5.74, 6) is 0. The van der Waals surface area contributed by atoms with Gasteiger partial charge >= 0.3 is 0 Å². The molecule has 0 rings (SSSR count). The van der Waals surface area contributed by atoms with E-state index in [1.54, 1.807) is 0 Å². The van der Waals surface area contributed by atoms with Gasteiger partial charge in [0, 0.05) is 10.7 Å². The Kier molecular flexibility index (Phi) is 20.9. The highest BCUT2D eigenvalue weighted by molar-refractivity contribution is 9.11. The average molecular weight is 258 g/mol. The third-order valence-corrected chi connectivity index (χ3v) is 2.12. The lowest BCUT2D eigenvalue weighted by Gasteiger charge is -1.76. The van der Waals surface area contributed by atoms with Gasteiger partial charge in [-0.05, 0) is 0 Å². The third kappa shape index (κ3) is 30.6. The predicted octanol–water partition coefficient (Wildman–Crippen LogP) is 3.07. The minimum Gasteiger partial charge on any atom is -0.474 e. The van der Waals surface area contributed by atoms with Crippen LogP contribution in [0.5, 0.6) is 0 Å². The number of hydrogen-bond acceptors (Lipinski definition) is 1. The Hall–Kier alpha value is 0.240. The summed E-state index contributed by atoms with van der Waals surface area (Å²) in [6.07, 6.45) is 2.62. The molecule has 9 heavy (non-hydrogen) atoms. The van der Waals surface area contributed by atoms with E-state index in [0.29, 0.717) is 0 Å². The van der Waals surface area contributed by atoms with Gasteiger partial charge in [0.15, 0.2) is 0 Å². The van der Waals surface area contributed by atoms with Crippen LogP contribution in [0.25, 0.3) is 0 Å². The monoisotopic (exact) mass is 256 g/mol. The Bertz CT molecular complexity index is 56.1. The van der Waals surface area contributed by atoms with Crippen molar-refractivity contribution >= 4 is 31.9 Å². The second-order valence-corrected chi connectivity index (χ2v) is 2.43. The smallest absolute Gasteiger partial charge is 0.0829 e. The zero-order valence-corrected chi connectivity index (χ0v) is 8.32. The molecule has 0 atom stereocenters. The van der Waals surface area contributed by atoms with Crippen LogP contribution in [-0.4, -0.2) is 10.7 Å². The first-order chi connectivity index (χ1) is 4.33. The van der Waals surface area contributed by atoms with Crippen LogP contribution in [0.1, 0.15) is 0 Å². The largest absolute Gasteiger partial charge is 0.474 e. The van der Waals surface area contributed by atoms with E-state index in [0.717, 1.165) is 10.7 Å². The van der Waals surface area contributed by atoms with Gasteiger partial charge in [0.25, 0.3) is 0 Å². The predicted molar refractivity (Wildman–Crippen MR) is 49.1 cm³/mol. The van der Waals surface area contributed by atoms with Crippen molar-refractivity contribution < 1.29 is 4.74 Å². The Labute approximate surface area is 73.0 Å². The number of alkyl halides is 2. The van der Waals surface area contributed by atoms with Crippen LogP contribution in [-0.2, 0) is 4.74 Å². The highest BCUT2D eigenvalue weighted by Gasteiger charge is 1.60. The molecular weight excluding hydrogens is 248 g/mol. The van der Waals surface area contributed by atoms with Gasteiger partial charge in [-0.25, -0.2) is 0 Å². The number of hydrogen-bond donors (Lipinski definition) is 0. The SMILES string of the molecule is BrCCBr.C=COC=C. The van der Waals surface area contributed by atoms with Crippen molar-refractivity contribution in [1.29, 1.82) is 0 Å². The van der Waals surface area contributed by atoms with E-state index in [1.165, 1.54) is 12.5 Å². The normalized spacial score (nSPS) is 6.44. The summed E-state index contributed by atoms with van der Waals surface area (Å²) in [5, 5.41) is 2.10. The fraction of sp³-hybridized carbons (Fsp3) is 0.333. The van der Waals surface area contributed by atoms with Crippen LogP contribution in [0.3, 0.4) is 0 Å². The lowest BCUT2D eigenvalue weighted by Crippen LogP contribution is -1.61. The van der Waals surface area contributed by atoms with Crippen LogP contribution in [0, 0.1) is 0 Å². The standard InChI is InChI=1S/C4H6O.C2H4Br2/c1-3-5-4-2;3-1-2-4/h3-4H,1-2H2;1-2H2. The maximum Gasteiger partial charge on any atom is 0.0829 e. The van der Waals surface area contributed by atoms with Crippen molar-refractivity contribution in [1.82, 2.24) is 0 Å². The second kappa shape index (κ2) is 15.7. The van der Waals surface area contributed by atoms with E-state index < -0.39 is 0 Å². The fourth-order valence-corrected chi connectivity index (χ4v) is 0.0680. The van der Waals surface area contributed by atoms with Crippen molar-refractivity contribution in [2.75, 3.05) is 10.7 Å². The van der Waals surface area contributed by atoms with E-state index in [1.807, 2.05) is 0 Å². The van der Waals surface area contributed by atoms with Crippen molar-refractivity contribution in [2.24, 2.45) is 0 Å². The molecule has 0 N–H and O–H groups in total. The molecule has 54 valence electrons. The number of ether oxygens (including phenoxy) is 1. The molecule has 0 bridgehead atoms. The summed E-state index contributed by atoms with van der Waals surface area (Å²) >= 11 is 6.40. The molecule has 0 aliphatic carbocycles. The molecule has 0 heterocycles. The van der Waals surface area contributed by atoms with Gasteiger partial charge in [-0.15, -0.1) is 0 Å². The van der Waals surface area contributed by atoms with Crippen molar-refractivity contribution in [3.8, 4) is 0 Å². The molecule has 3 heteroatoms. The Morgan fingerprint density at radius 1 is 1.11 bits per heavy atom. The molecule has 1 nitrogen and oxygen atoms in total. The maximum atomic E-state index is 4.36. The molecule has 0 radical (unpaired) electrons. The minimum absolute atomic E-state index is 1.05. The summed E-state index contributed by atoms with van der Waals surface area (Å²) < 4.78 is 4.36.